The Bertz CT molecular complexity index is 688. The van der Waals surface area contributed by atoms with Crippen molar-refractivity contribution in [3.05, 3.63) is 64.2 Å². The Hall–Kier alpha value is -2.04. The van der Waals surface area contributed by atoms with E-state index >= 15 is 0 Å². The van der Waals surface area contributed by atoms with Gasteiger partial charge in [0.25, 0.3) is 5.91 Å². The van der Waals surface area contributed by atoms with E-state index in [0.29, 0.717) is 16.3 Å². The molecular formula is C18H20ClNO3. The van der Waals surface area contributed by atoms with Crippen LogP contribution in [0.2, 0.25) is 5.02 Å². The molecule has 0 aliphatic carbocycles. The number of aryl methyl sites for hydroxylation is 2. The standard InChI is InChI=1S/C18H20ClNO3/c1-12-5-3-7-15(9-12)23-11-14(21)10-20-18(22)16-8-4-6-13(2)17(16)19/h3-9,14,21H,10-11H2,1-2H3,(H,20,22). The van der Waals surface area contributed by atoms with E-state index in [0.717, 1.165) is 11.1 Å². The summed E-state index contributed by atoms with van der Waals surface area (Å²) < 4.78 is 5.50. The lowest BCUT2D eigenvalue weighted by molar-refractivity contribution is 0.0843. The normalized spacial score (nSPS) is 11.8. The Morgan fingerprint density at radius 3 is 2.74 bits per heavy atom. The number of rotatable bonds is 6. The van der Waals surface area contributed by atoms with Gasteiger partial charge in [-0.1, -0.05) is 35.9 Å². The van der Waals surface area contributed by atoms with Gasteiger partial charge in [0.2, 0.25) is 0 Å². The lowest BCUT2D eigenvalue weighted by atomic mass is 10.1. The van der Waals surface area contributed by atoms with Crippen molar-refractivity contribution >= 4 is 17.5 Å². The highest BCUT2D eigenvalue weighted by molar-refractivity contribution is 6.34. The number of carbonyl (C=O) groups is 1. The fraction of sp³-hybridized carbons (Fsp3) is 0.278. The van der Waals surface area contributed by atoms with E-state index in [-0.39, 0.29) is 19.1 Å². The van der Waals surface area contributed by atoms with Crippen molar-refractivity contribution in [2.75, 3.05) is 13.2 Å². The second-order valence-electron chi connectivity index (χ2n) is 5.43. The second kappa shape index (κ2) is 7.99. The third-order valence-corrected chi connectivity index (χ3v) is 3.87. The number of ether oxygens (including phenoxy) is 1. The molecule has 0 saturated heterocycles. The van der Waals surface area contributed by atoms with E-state index in [9.17, 15) is 9.90 Å². The second-order valence-corrected chi connectivity index (χ2v) is 5.81. The van der Waals surface area contributed by atoms with E-state index in [1.165, 1.54) is 0 Å². The average Bonchev–Trinajstić information content (AvgIpc) is 2.53. The fourth-order valence-electron chi connectivity index (χ4n) is 2.08. The van der Waals surface area contributed by atoms with Crippen molar-refractivity contribution in [3.63, 3.8) is 0 Å². The number of amides is 1. The van der Waals surface area contributed by atoms with Gasteiger partial charge in [-0.2, -0.15) is 0 Å². The minimum absolute atomic E-state index is 0.0922. The molecule has 0 spiro atoms. The van der Waals surface area contributed by atoms with Crippen molar-refractivity contribution in [1.82, 2.24) is 5.32 Å². The summed E-state index contributed by atoms with van der Waals surface area (Å²) in [5, 5.41) is 13.0. The molecule has 2 rings (SSSR count). The maximum absolute atomic E-state index is 12.1. The first-order chi connectivity index (χ1) is 11.0. The summed E-state index contributed by atoms with van der Waals surface area (Å²) in [6, 6.07) is 12.8. The molecule has 1 unspecified atom stereocenters. The molecule has 0 aliphatic rings. The van der Waals surface area contributed by atoms with Gasteiger partial charge in [-0.05, 0) is 43.2 Å². The van der Waals surface area contributed by atoms with Crippen LogP contribution in [0.15, 0.2) is 42.5 Å². The van der Waals surface area contributed by atoms with Gasteiger partial charge in [0, 0.05) is 6.54 Å². The van der Waals surface area contributed by atoms with Crippen LogP contribution in [-0.2, 0) is 0 Å². The zero-order valence-corrected chi connectivity index (χ0v) is 13.9. The number of benzene rings is 2. The van der Waals surface area contributed by atoms with Crippen molar-refractivity contribution in [2.24, 2.45) is 0 Å². The average molecular weight is 334 g/mol. The zero-order valence-electron chi connectivity index (χ0n) is 13.2. The summed E-state index contributed by atoms with van der Waals surface area (Å²) in [6.07, 6.45) is -0.803. The van der Waals surface area contributed by atoms with Crippen LogP contribution in [0.5, 0.6) is 5.75 Å². The van der Waals surface area contributed by atoms with Crippen LogP contribution >= 0.6 is 11.6 Å². The van der Waals surface area contributed by atoms with Crippen molar-refractivity contribution < 1.29 is 14.6 Å². The first-order valence-corrected chi connectivity index (χ1v) is 7.76. The maximum atomic E-state index is 12.1. The Morgan fingerprint density at radius 2 is 2.00 bits per heavy atom. The highest BCUT2D eigenvalue weighted by atomic mass is 35.5. The fourth-order valence-corrected chi connectivity index (χ4v) is 2.30. The molecule has 122 valence electrons. The van der Waals surface area contributed by atoms with Gasteiger partial charge in [0.15, 0.2) is 0 Å². The molecule has 2 aromatic carbocycles. The molecule has 0 aliphatic heterocycles. The molecule has 1 amide bonds. The third kappa shape index (κ3) is 4.98. The predicted octanol–water partition coefficient (Wildman–Crippen LogP) is 3.13. The van der Waals surface area contributed by atoms with E-state index in [2.05, 4.69) is 5.32 Å². The third-order valence-electron chi connectivity index (χ3n) is 3.37. The highest BCUT2D eigenvalue weighted by Crippen LogP contribution is 2.20. The molecule has 0 radical (unpaired) electrons. The van der Waals surface area contributed by atoms with Gasteiger partial charge in [-0.15, -0.1) is 0 Å². The molecule has 0 fully saturated rings. The van der Waals surface area contributed by atoms with Crippen LogP contribution in [0.1, 0.15) is 21.5 Å². The van der Waals surface area contributed by atoms with Crippen LogP contribution in [-0.4, -0.2) is 30.3 Å². The molecule has 0 heterocycles. The minimum Gasteiger partial charge on any atom is -0.491 e. The summed E-state index contributed by atoms with van der Waals surface area (Å²) in [6.45, 7) is 4.00. The van der Waals surface area contributed by atoms with E-state index < -0.39 is 6.10 Å². The SMILES string of the molecule is Cc1cccc(OCC(O)CNC(=O)c2cccc(C)c2Cl)c1. The molecular weight excluding hydrogens is 314 g/mol. The number of carbonyl (C=O) groups excluding carboxylic acids is 1. The summed E-state index contributed by atoms with van der Waals surface area (Å²) in [7, 11) is 0. The van der Waals surface area contributed by atoms with Crippen molar-refractivity contribution in [1.29, 1.82) is 0 Å². The molecule has 0 bridgehead atoms. The minimum atomic E-state index is -0.803. The molecule has 1 atom stereocenters. The van der Waals surface area contributed by atoms with Crippen molar-refractivity contribution in [3.8, 4) is 5.75 Å². The summed E-state index contributed by atoms with van der Waals surface area (Å²) in [5.41, 5.74) is 2.32. The number of nitrogens with one attached hydrogen (secondary N) is 1. The van der Waals surface area contributed by atoms with Gasteiger partial charge in [0.05, 0.1) is 10.6 Å². The van der Waals surface area contributed by atoms with Gasteiger partial charge in [-0.3, -0.25) is 4.79 Å². The molecule has 2 N–H and O–H groups in total. The van der Waals surface area contributed by atoms with Crippen LogP contribution in [0.4, 0.5) is 0 Å². The van der Waals surface area contributed by atoms with E-state index in [1.807, 2.05) is 44.2 Å². The molecule has 5 heteroatoms. The number of hydrogen-bond donors (Lipinski definition) is 2. The zero-order chi connectivity index (χ0) is 16.8. The number of halogens is 1. The highest BCUT2D eigenvalue weighted by Gasteiger charge is 2.13. The molecule has 2 aromatic rings. The molecule has 0 saturated carbocycles. The Kier molecular flexibility index (Phi) is 6.02. The summed E-state index contributed by atoms with van der Waals surface area (Å²) >= 11 is 6.11. The van der Waals surface area contributed by atoms with Crippen molar-refractivity contribution in [2.45, 2.75) is 20.0 Å². The Labute approximate surface area is 141 Å². The summed E-state index contributed by atoms with van der Waals surface area (Å²) in [4.78, 5) is 12.1. The number of aliphatic hydroxyl groups is 1. The van der Waals surface area contributed by atoms with Gasteiger partial charge < -0.3 is 15.2 Å². The smallest absolute Gasteiger partial charge is 0.252 e. The maximum Gasteiger partial charge on any atom is 0.252 e. The predicted molar refractivity (Wildman–Crippen MR) is 91.2 cm³/mol. The number of aliphatic hydroxyl groups excluding tert-OH is 1. The Balaban J connectivity index is 1.83. The topological polar surface area (TPSA) is 58.6 Å². The monoisotopic (exact) mass is 333 g/mol. The number of hydrogen-bond acceptors (Lipinski definition) is 3. The quantitative estimate of drug-likeness (QED) is 0.854. The van der Waals surface area contributed by atoms with Gasteiger partial charge in [0.1, 0.15) is 18.5 Å². The van der Waals surface area contributed by atoms with Gasteiger partial charge >= 0.3 is 0 Å². The van der Waals surface area contributed by atoms with Crippen LogP contribution in [0.3, 0.4) is 0 Å². The largest absolute Gasteiger partial charge is 0.491 e. The lowest BCUT2D eigenvalue weighted by Gasteiger charge is -2.14. The lowest BCUT2D eigenvalue weighted by Crippen LogP contribution is -2.35. The van der Waals surface area contributed by atoms with E-state index in [4.69, 9.17) is 16.3 Å². The molecule has 4 nitrogen and oxygen atoms in total. The van der Waals surface area contributed by atoms with Crippen LogP contribution < -0.4 is 10.1 Å². The van der Waals surface area contributed by atoms with Crippen LogP contribution in [0, 0.1) is 13.8 Å². The van der Waals surface area contributed by atoms with Crippen LogP contribution in [0.25, 0.3) is 0 Å². The molecule has 0 aromatic heterocycles. The van der Waals surface area contributed by atoms with E-state index in [1.54, 1.807) is 12.1 Å². The summed E-state index contributed by atoms with van der Waals surface area (Å²) in [5.74, 6) is 0.380. The van der Waals surface area contributed by atoms with Gasteiger partial charge in [-0.25, -0.2) is 0 Å². The molecule has 23 heavy (non-hydrogen) atoms. The Morgan fingerprint density at radius 1 is 1.26 bits per heavy atom. The first kappa shape index (κ1) is 17.3. The first-order valence-electron chi connectivity index (χ1n) is 7.38.